The van der Waals surface area contributed by atoms with Crippen LogP contribution in [0.25, 0.3) is 0 Å². The van der Waals surface area contributed by atoms with Gasteiger partial charge < -0.3 is 15.8 Å². The summed E-state index contributed by atoms with van der Waals surface area (Å²) in [6.07, 6.45) is 3.28. The third-order valence-corrected chi connectivity index (χ3v) is 4.16. The number of ether oxygens (including phenoxy) is 1. The number of halogens is 1. The van der Waals surface area contributed by atoms with Gasteiger partial charge in [-0.15, -0.1) is 12.4 Å². The maximum atomic E-state index is 11.9. The van der Waals surface area contributed by atoms with Crippen LogP contribution in [0.2, 0.25) is 0 Å². The Balaban J connectivity index is 0.00000220. The van der Waals surface area contributed by atoms with Gasteiger partial charge in [-0.05, 0) is 62.4 Å². The Kier molecular flexibility index (Phi) is 6.99. The van der Waals surface area contributed by atoms with Gasteiger partial charge in [-0.1, -0.05) is 12.5 Å². The highest BCUT2D eigenvalue weighted by Crippen LogP contribution is 2.24. The molecular weight excluding hydrogens is 288 g/mol. The van der Waals surface area contributed by atoms with Crippen molar-refractivity contribution in [2.45, 2.75) is 39.2 Å². The summed E-state index contributed by atoms with van der Waals surface area (Å²) in [4.78, 5) is 11.9. The first kappa shape index (κ1) is 17.8. The minimum Gasteiger partial charge on any atom is -0.484 e. The molecule has 1 aromatic rings. The number of nitrogens with one attached hydrogen (secondary N) is 1. The molecule has 21 heavy (non-hydrogen) atoms. The van der Waals surface area contributed by atoms with Crippen LogP contribution in [0, 0.1) is 19.8 Å². The molecule has 2 rings (SSSR count). The van der Waals surface area contributed by atoms with E-state index in [1.54, 1.807) is 0 Å². The molecule has 0 saturated heterocycles. The summed E-state index contributed by atoms with van der Waals surface area (Å²) in [5.74, 6) is 1.10. The number of carbonyl (C=O) groups excluding carboxylic acids is 1. The van der Waals surface area contributed by atoms with Gasteiger partial charge >= 0.3 is 0 Å². The molecule has 118 valence electrons. The van der Waals surface area contributed by atoms with Crippen molar-refractivity contribution in [2.24, 2.45) is 11.7 Å². The average molecular weight is 313 g/mol. The molecule has 0 aliphatic heterocycles. The summed E-state index contributed by atoms with van der Waals surface area (Å²) in [6.45, 7) is 4.80. The highest BCUT2D eigenvalue weighted by Gasteiger charge is 2.27. The quantitative estimate of drug-likeness (QED) is 0.877. The molecule has 0 radical (unpaired) electrons. The molecule has 1 aliphatic rings. The molecule has 5 heteroatoms. The predicted octanol–water partition coefficient (Wildman–Crippen LogP) is 2.35. The number of hydrogen-bond donors (Lipinski definition) is 2. The van der Waals surface area contributed by atoms with E-state index < -0.39 is 0 Å². The van der Waals surface area contributed by atoms with Crippen LogP contribution in [0.4, 0.5) is 0 Å². The molecule has 1 amide bonds. The molecule has 2 unspecified atom stereocenters. The van der Waals surface area contributed by atoms with Gasteiger partial charge in [-0.25, -0.2) is 0 Å². The number of hydrogen-bond acceptors (Lipinski definition) is 3. The Morgan fingerprint density at radius 3 is 2.76 bits per heavy atom. The van der Waals surface area contributed by atoms with E-state index in [-0.39, 0.29) is 31.0 Å². The lowest BCUT2D eigenvalue weighted by molar-refractivity contribution is -0.124. The predicted molar refractivity (Wildman–Crippen MR) is 87.0 cm³/mol. The van der Waals surface area contributed by atoms with Gasteiger partial charge in [0.05, 0.1) is 0 Å². The number of carbonyl (C=O) groups is 1. The molecular formula is C16H25ClN2O2. The lowest BCUT2D eigenvalue weighted by Gasteiger charge is -2.19. The monoisotopic (exact) mass is 312 g/mol. The van der Waals surface area contributed by atoms with Crippen LogP contribution in [0.1, 0.15) is 30.4 Å². The van der Waals surface area contributed by atoms with E-state index in [1.165, 1.54) is 11.1 Å². The second-order valence-corrected chi connectivity index (χ2v) is 5.64. The summed E-state index contributed by atoms with van der Waals surface area (Å²) < 4.78 is 5.54. The standard InChI is InChI=1S/C16H24N2O2.ClH/c1-11-6-7-14(8-12(11)2)20-10-16(19)18-15-5-3-4-13(15)9-17;/h6-8,13,15H,3-5,9-10,17H2,1-2H3,(H,18,19);1H. The zero-order chi connectivity index (χ0) is 14.5. The van der Waals surface area contributed by atoms with Crippen LogP contribution in [0.3, 0.4) is 0 Å². The molecule has 0 bridgehead atoms. The third kappa shape index (κ3) is 4.90. The highest BCUT2D eigenvalue weighted by atomic mass is 35.5. The van der Waals surface area contributed by atoms with E-state index in [1.807, 2.05) is 25.1 Å². The molecule has 0 heterocycles. The van der Waals surface area contributed by atoms with Crippen LogP contribution >= 0.6 is 12.4 Å². The molecule has 2 atom stereocenters. The number of rotatable bonds is 5. The van der Waals surface area contributed by atoms with E-state index in [0.717, 1.165) is 25.0 Å². The van der Waals surface area contributed by atoms with Gasteiger partial charge in [0.15, 0.2) is 6.61 Å². The maximum Gasteiger partial charge on any atom is 0.258 e. The minimum absolute atomic E-state index is 0. The van der Waals surface area contributed by atoms with Gasteiger partial charge in [0.2, 0.25) is 0 Å². The molecule has 4 nitrogen and oxygen atoms in total. The first-order valence-corrected chi connectivity index (χ1v) is 7.29. The average Bonchev–Trinajstić information content (AvgIpc) is 2.87. The topological polar surface area (TPSA) is 64.3 Å². The van der Waals surface area contributed by atoms with Crippen molar-refractivity contribution in [3.8, 4) is 5.75 Å². The molecule has 3 N–H and O–H groups in total. The third-order valence-electron chi connectivity index (χ3n) is 4.16. The van der Waals surface area contributed by atoms with Crippen molar-refractivity contribution in [2.75, 3.05) is 13.2 Å². The summed E-state index contributed by atoms with van der Waals surface area (Å²) in [7, 11) is 0. The van der Waals surface area contributed by atoms with E-state index in [4.69, 9.17) is 10.5 Å². The first-order chi connectivity index (χ1) is 9.60. The van der Waals surface area contributed by atoms with Crippen LogP contribution < -0.4 is 15.8 Å². The number of amides is 1. The molecule has 0 spiro atoms. The summed E-state index contributed by atoms with van der Waals surface area (Å²) in [5, 5.41) is 3.03. The van der Waals surface area contributed by atoms with Gasteiger partial charge in [0.25, 0.3) is 5.91 Å². The SMILES string of the molecule is Cc1ccc(OCC(=O)NC2CCCC2CN)cc1C.Cl. The van der Waals surface area contributed by atoms with Gasteiger partial charge in [-0.2, -0.15) is 0 Å². The Bertz CT molecular complexity index is 479. The Morgan fingerprint density at radius 2 is 2.10 bits per heavy atom. The van der Waals surface area contributed by atoms with Crippen LogP contribution in [0.5, 0.6) is 5.75 Å². The van der Waals surface area contributed by atoms with E-state index in [2.05, 4.69) is 12.2 Å². The second kappa shape index (κ2) is 8.25. The Hall–Kier alpha value is -1.26. The van der Waals surface area contributed by atoms with Gasteiger partial charge in [0.1, 0.15) is 5.75 Å². The van der Waals surface area contributed by atoms with Gasteiger partial charge in [0, 0.05) is 6.04 Å². The molecule has 1 aliphatic carbocycles. The molecule has 1 aromatic carbocycles. The lowest BCUT2D eigenvalue weighted by atomic mass is 10.0. The fourth-order valence-corrected chi connectivity index (χ4v) is 2.71. The van der Waals surface area contributed by atoms with E-state index >= 15 is 0 Å². The van der Waals surface area contributed by atoms with Crippen molar-refractivity contribution in [1.29, 1.82) is 0 Å². The van der Waals surface area contributed by atoms with Crippen molar-refractivity contribution in [1.82, 2.24) is 5.32 Å². The van der Waals surface area contributed by atoms with E-state index in [9.17, 15) is 4.79 Å². The summed E-state index contributed by atoms with van der Waals surface area (Å²) in [5.41, 5.74) is 8.10. The van der Waals surface area contributed by atoms with Crippen LogP contribution in [-0.4, -0.2) is 25.1 Å². The second-order valence-electron chi connectivity index (χ2n) is 5.64. The van der Waals surface area contributed by atoms with Crippen LogP contribution in [-0.2, 0) is 4.79 Å². The lowest BCUT2D eigenvalue weighted by Crippen LogP contribution is -2.42. The number of aryl methyl sites for hydroxylation is 2. The van der Waals surface area contributed by atoms with Crippen molar-refractivity contribution >= 4 is 18.3 Å². The normalized spacial score (nSPS) is 20.7. The van der Waals surface area contributed by atoms with Crippen molar-refractivity contribution in [3.63, 3.8) is 0 Å². The maximum absolute atomic E-state index is 11.9. The fourth-order valence-electron chi connectivity index (χ4n) is 2.71. The van der Waals surface area contributed by atoms with Crippen molar-refractivity contribution in [3.05, 3.63) is 29.3 Å². The highest BCUT2D eigenvalue weighted by molar-refractivity contribution is 5.85. The largest absolute Gasteiger partial charge is 0.484 e. The summed E-state index contributed by atoms with van der Waals surface area (Å²) >= 11 is 0. The van der Waals surface area contributed by atoms with Crippen LogP contribution in [0.15, 0.2) is 18.2 Å². The number of benzene rings is 1. The Morgan fingerprint density at radius 1 is 1.33 bits per heavy atom. The minimum atomic E-state index is -0.0615. The zero-order valence-electron chi connectivity index (χ0n) is 12.7. The smallest absolute Gasteiger partial charge is 0.258 e. The molecule has 0 aromatic heterocycles. The Labute approximate surface area is 132 Å². The van der Waals surface area contributed by atoms with Gasteiger partial charge in [-0.3, -0.25) is 4.79 Å². The number of nitrogens with two attached hydrogens (primary N) is 1. The zero-order valence-corrected chi connectivity index (χ0v) is 13.5. The van der Waals surface area contributed by atoms with Crippen molar-refractivity contribution < 1.29 is 9.53 Å². The molecule has 1 fully saturated rings. The summed E-state index contributed by atoms with van der Waals surface area (Å²) in [6, 6.07) is 6.08. The first-order valence-electron chi connectivity index (χ1n) is 7.29. The van der Waals surface area contributed by atoms with E-state index in [0.29, 0.717) is 12.5 Å². The molecule has 1 saturated carbocycles. The fraction of sp³-hybridized carbons (Fsp3) is 0.562.